The smallest absolute Gasteiger partial charge is 0.270 e. The molecule has 21 heavy (non-hydrogen) atoms. The summed E-state index contributed by atoms with van der Waals surface area (Å²) in [6.07, 6.45) is 2.03. The molecule has 0 bridgehead atoms. The number of imide groups is 1. The minimum atomic E-state index is -0.690. The van der Waals surface area contributed by atoms with E-state index in [-0.39, 0.29) is 18.0 Å². The van der Waals surface area contributed by atoms with Crippen molar-refractivity contribution in [3.63, 3.8) is 0 Å². The van der Waals surface area contributed by atoms with Gasteiger partial charge in [-0.2, -0.15) is 0 Å². The highest BCUT2D eigenvalue weighted by molar-refractivity contribution is 6.03. The van der Waals surface area contributed by atoms with Crippen LogP contribution in [0.3, 0.4) is 0 Å². The van der Waals surface area contributed by atoms with Gasteiger partial charge in [0.05, 0.1) is 0 Å². The molecular formula is C14H18N4O3. The van der Waals surface area contributed by atoms with Gasteiger partial charge in [0.15, 0.2) is 0 Å². The molecule has 0 aromatic carbocycles. The molecule has 1 saturated heterocycles. The molecule has 1 aromatic heterocycles. The van der Waals surface area contributed by atoms with Crippen molar-refractivity contribution in [1.82, 2.24) is 15.6 Å². The molecule has 1 aromatic rings. The number of carbonyl (C=O) groups excluding carboxylic acids is 3. The van der Waals surface area contributed by atoms with Crippen molar-refractivity contribution < 1.29 is 14.4 Å². The van der Waals surface area contributed by atoms with E-state index in [4.69, 9.17) is 5.73 Å². The van der Waals surface area contributed by atoms with Crippen LogP contribution >= 0.6 is 0 Å². The van der Waals surface area contributed by atoms with E-state index < -0.39 is 17.9 Å². The third-order valence-electron chi connectivity index (χ3n) is 3.22. The van der Waals surface area contributed by atoms with Crippen LogP contribution < -0.4 is 16.4 Å². The zero-order chi connectivity index (χ0) is 15.2. The van der Waals surface area contributed by atoms with Crippen LogP contribution in [0.2, 0.25) is 0 Å². The van der Waals surface area contributed by atoms with Gasteiger partial charge < -0.3 is 11.1 Å². The Labute approximate surface area is 122 Å². The average Bonchev–Trinajstić information content (AvgIpc) is 2.48. The summed E-state index contributed by atoms with van der Waals surface area (Å²) in [4.78, 5) is 39.0. The maximum atomic E-state index is 12.1. The van der Waals surface area contributed by atoms with Gasteiger partial charge in [-0.3, -0.25) is 19.7 Å². The first-order valence-corrected chi connectivity index (χ1v) is 6.90. The molecule has 112 valence electrons. The van der Waals surface area contributed by atoms with Gasteiger partial charge in [-0.15, -0.1) is 0 Å². The van der Waals surface area contributed by atoms with Crippen LogP contribution in [0.5, 0.6) is 0 Å². The Morgan fingerprint density at radius 2 is 2.24 bits per heavy atom. The van der Waals surface area contributed by atoms with E-state index in [1.54, 1.807) is 12.1 Å². The second-order valence-corrected chi connectivity index (χ2v) is 4.88. The molecule has 7 nitrogen and oxygen atoms in total. The van der Waals surface area contributed by atoms with E-state index in [0.717, 1.165) is 12.1 Å². The van der Waals surface area contributed by atoms with E-state index in [1.807, 2.05) is 6.07 Å². The lowest BCUT2D eigenvalue weighted by Gasteiger charge is -2.21. The number of aromatic nitrogens is 1. The Balaban J connectivity index is 1.99. The molecule has 3 amide bonds. The Morgan fingerprint density at radius 3 is 2.95 bits per heavy atom. The molecule has 4 N–H and O–H groups in total. The van der Waals surface area contributed by atoms with Crippen LogP contribution in [0.25, 0.3) is 0 Å². The lowest BCUT2D eigenvalue weighted by atomic mass is 10.1. The van der Waals surface area contributed by atoms with E-state index in [9.17, 15) is 14.4 Å². The highest BCUT2D eigenvalue weighted by atomic mass is 16.2. The number of nitrogens with one attached hydrogen (secondary N) is 2. The van der Waals surface area contributed by atoms with Crippen LogP contribution in [-0.4, -0.2) is 35.3 Å². The van der Waals surface area contributed by atoms with Crippen LogP contribution in [0.1, 0.15) is 35.4 Å². The fourth-order valence-electron chi connectivity index (χ4n) is 2.09. The summed E-state index contributed by atoms with van der Waals surface area (Å²) >= 11 is 0. The van der Waals surface area contributed by atoms with Crippen molar-refractivity contribution in [3.8, 4) is 0 Å². The molecule has 7 heteroatoms. The number of nitrogens with zero attached hydrogens (tertiary/aromatic N) is 1. The molecule has 0 aliphatic carbocycles. The predicted octanol–water partition coefficient (Wildman–Crippen LogP) is -0.492. The van der Waals surface area contributed by atoms with Crippen LogP contribution in [0.15, 0.2) is 18.2 Å². The fourth-order valence-corrected chi connectivity index (χ4v) is 2.09. The Bertz CT molecular complexity index is 559. The van der Waals surface area contributed by atoms with Gasteiger partial charge in [0.25, 0.3) is 5.91 Å². The number of piperidine rings is 1. The van der Waals surface area contributed by atoms with Gasteiger partial charge in [0.1, 0.15) is 11.7 Å². The van der Waals surface area contributed by atoms with Gasteiger partial charge in [-0.05, 0) is 37.9 Å². The summed E-state index contributed by atoms with van der Waals surface area (Å²) in [5, 5.41) is 4.80. The van der Waals surface area contributed by atoms with Crippen molar-refractivity contribution in [1.29, 1.82) is 0 Å². The predicted molar refractivity (Wildman–Crippen MR) is 75.3 cm³/mol. The van der Waals surface area contributed by atoms with E-state index in [0.29, 0.717) is 19.4 Å². The number of nitrogens with two attached hydrogens (primary N) is 1. The summed E-state index contributed by atoms with van der Waals surface area (Å²) in [6, 6.07) is 4.48. The van der Waals surface area contributed by atoms with Crippen LogP contribution in [-0.2, 0) is 16.0 Å². The number of pyridine rings is 1. The maximum absolute atomic E-state index is 12.1. The summed E-state index contributed by atoms with van der Waals surface area (Å²) in [6.45, 7) is 0.564. The Morgan fingerprint density at radius 1 is 1.43 bits per heavy atom. The third-order valence-corrected chi connectivity index (χ3v) is 3.22. The molecule has 1 unspecified atom stereocenters. The first-order chi connectivity index (χ1) is 10.1. The minimum absolute atomic E-state index is 0.223. The number of carbonyl (C=O) groups is 3. The molecule has 0 radical (unpaired) electrons. The van der Waals surface area contributed by atoms with E-state index >= 15 is 0 Å². The highest BCUT2D eigenvalue weighted by Gasteiger charge is 2.28. The topological polar surface area (TPSA) is 114 Å². The molecule has 1 fully saturated rings. The van der Waals surface area contributed by atoms with Crippen LogP contribution in [0, 0.1) is 0 Å². The van der Waals surface area contributed by atoms with Crippen molar-refractivity contribution in [2.75, 3.05) is 6.54 Å². The normalized spacial score (nSPS) is 18.2. The molecular weight excluding hydrogens is 272 g/mol. The number of amides is 3. The second-order valence-electron chi connectivity index (χ2n) is 4.88. The first kappa shape index (κ1) is 15.1. The lowest BCUT2D eigenvalue weighted by molar-refractivity contribution is -0.134. The lowest BCUT2D eigenvalue weighted by Crippen LogP contribution is -2.52. The van der Waals surface area contributed by atoms with Crippen molar-refractivity contribution in [2.24, 2.45) is 5.73 Å². The van der Waals surface area contributed by atoms with Gasteiger partial charge in [-0.1, -0.05) is 6.07 Å². The van der Waals surface area contributed by atoms with Gasteiger partial charge >= 0.3 is 0 Å². The monoisotopic (exact) mass is 290 g/mol. The van der Waals surface area contributed by atoms with Gasteiger partial charge in [0, 0.05) is 12.1 Å². The highest BCUT2D eigenvalue weighted by Crippen LogP contribution is 2.07. The standard InChI is InChI=1S/C14H18N4O3/c15-8-2-4-9-3-1-5-10(16-9)13(20)17-11-6-7-12(19)18-14(11)21/h1,3,5,11H,2,4,6-8,15H2,(H,17,20)(H,18,19,21). The van der Waals surface area contributed by atoms with Gasteiger partial charge in [-0.25, -0.2) is 4.98 Å². The summed E-state index contributed by atoms with van der Waals surface area (Å²) in [7, 11) is 0. The minimum Gasteiger partial charge on any atom is -0.339 e. The zero-order valence-corrected chi connectivity index (χ0v) is 11.6. The summed E-state index contributed by atoms with van der Waals surface area (Å²) in [5.41, 5.74) is 6.49. The molecule has 2 rings (SSSR count). The molecule has 0 saturated carbocycles. The fraction of sp³-hybridized carbons (Fsp3) is 0.429. The maximum Gasteiger partial charge on any atom is 0.270 e. The summed E-state index contributed by atoms with van der Waals surface area (Å²) in [5.74, 6) is -1.20. The second kappa shape index (κ2) is 6.94. The Kier molecular flexibility index (Phi) is 4.99. The molecule has 1 aliphatic rings. The van der Waals surface area contributed by atoms with Crippen LogP contribution in [0.4, 0.5) is 0 Å². The van der Waals surface area contributed by atoms with Gasteiger partial charge in [0.2, 0.25) is 11.8 Å². The van der Waals surface area contributed by atoms with Crippen molar-refractivity contribution >= 4 is 17.7 Å². The molecule has 0 spiro atoms. The molecule has 1 aliphatic heterocycles. The number of hydrogen-bond donors (Lipinski definition) is 3. The van der Waals surface area contributed by atoms with Crippen molar-refractivity contribution in [2.45, 2.75) is 31.7 Å². The summed E-state index contributed by atoms with van der Waals surface area (Å²) < 4.78 is 0. The SMILES string of the molecule is NCCCc1cccc(C(=O)NC2CCC(=O)NC2=O)n1. The quantitative estimate of drug-likeness (QED) is 0.633. The zero-order valence-electron chi connectivity index (χ0n) is 11.6. The third kappa shape index (κ3) is 4.09. The number of hydrogen-bond acceptors (Lipinski definition) is 5. The number of rotatable bonds is 5. The Hall–Kier alpha value is -2.28. The van der Waals surface area contributed by atoms with E-state index in [1.165, 1.54) is 0 Å². The molecule has 2 heterocycles. The number of aryl methyl sites for hydroxylation is 1. The average molecular weight is 290 g/mol. The largest absolute Gasteiger partial charge is 0.339 e. The van der Waals surface area contributed by atoms with E-state index in [2.05, 4.69) is 15.6 Å². The molecule has 1 atom stereocenters. The van der Waals surface area contributed by atoms with Crippen molar-refractivity contribution in [3.05, 3.63) is 29.6 Å². The first-order valence-electron chi connectivity index (χ1n) is 6.90.